The van der Waals surface area contributed by atoms with E-state index in [2.05, 4.69) is 10.3 Å². The van der Waals surface area contributed by atoms with Crippen LogP contribution in [0.4, 0.5) is 11.5 Å². The number of aromatic nitrogens is 1. The number of nitrogen functional groups attached to an aromatic ring is 1. The summed E-state index contributed by atoms with van der Waals surface area (Å²) in [5.74, 6) is 0.834. The van der Waals surface area contributed by atoms with Crippen molar-refractivity contribution in [3.05, 3.63) is 18.3 Å². The monoisotopic (exact) mass is 193 g/mol. The molecule has 1 unspecified atom stereocenters. The van der Waals surface area contributed by atoms with E-state index in [0.717, 1.165) is 37.6 Å². The molecule has 14 heavy (non-hydrogen) atoms. The van der Waals surface area contributed by atoms with Crippen LogP contribution < -0.4 is 11.1 Å². The number of anilines is 2. The van der Waals surface area contributed by atoms with Crippen molar-refractivity contribution in [1.82, 2.24) is 4.98 Å². The number of nitrogens with one attached hydrogen (secondary N) is 1. The van der Waals surface area contributed by atoms with Gasteiger partial charge in [0, 0.05) is 24.6 Å². The zero-order chi connectivity index (χ0) is 9.80. The van der Waals surface area contributed by atoms with Crippen LogP contribution in [0.5, 0.6) is 0 Å². The smallest absolute Gasteiger partial charge is 0.128 e. The summed E-state index contributed by atoms with van der Waals surface area (Å²) in [7, 11) is 0. The summed E-state index contributed by atoms with van der Waals surface area (Å²) < 4.78 is 5.36. The van der Waals surface area contributed by atoms with E-state index < -0.39 is 0 Å². The molecule has 76 valence electrons. The van der Waals surface area contributed by atoms with Crippen LogP contribution in [0.15, 0.2) is 18.3 Å². The first-order valence-corrected chi connectivity index (χ1v) is 4.90. The van der Waals surface area contributed by atoms with Crippen LogP contribution in [0.25, 0.3) is 0 Å². The first-order valence-electron chi connectivity index (χ1n) is 4.90. The first-order chi connectivity index (χ1) is 6.84. The maximum Gasteiger partial charge on any atom is 0.128 e. The largest absolute Gasteiger partial charge is 0.399 e. The zero-order valence-electron chi connectivity index (χ0n) is 8.07. The summed E-state index contributed by atoms with van der Waals surface area (Å²) in [4.78, 5) is 4.19. The predicted octanol–water partition coefficient (Wildman–Crippen LogP) is 1.25. The Labute approximate surface area is 83.5 Å². The molecule has 0 saturated carbocycles. The van der Waals surface area contributed by atoms with Gasteiger partial charge in [0.2, 0.25) is 0 Å². The van der Waals surface area contributed by atoms with E-state index in [9.17, 15) is 0 Å². The molecular formula is C10H15N3O. The van der Waals surface area contributed by atoms with Crippen LogP contribution in [-0.4, -0.2) is 24.2 Å². The molecule has 3 N–H and O–H groups in total. The Bertz CT molecular complexity index is 297. The van der Waals surface area contributed by atoms with Gasteiger partial charge in [-0.2, -0.15) is 0 Å². The Balaban J connectivity index is 1.95. The minimum absolute atomic E-state index is 0.373. The van der Waals surface area contributed by atoms with Gasteiger partial charge in [0.15, 0.2) is 0 Å². The van der Waals surface area contributed by atoms with E-state index in [4.69, 9.17) is 10.5 Å². The van der Waals surface area contributed by atoms with Gasteiger partial charge < -0.3 is 15.8 Å². The highest BCUT2D eigenvalue weighted by Gasteiger charge is 2.13. The highest BCUT2D eigenvalue weighted by Crippen LogP contribution is 2.13. The number of hydrogen-bond acceptors (Lipinski definition) is 4. The van der Waals surface area contributed by atoms with Crippen LogP contribution in [-0.2, 0) is 4.74 Å². The lowest BCUT2D eigenvalue weighted by Gasteiger charge is -2.23. The molecule has 0 radical (unpaired) electrons. The molecule has 1 saturated heterocycles. The van der Waals surface area contributed by atoms with Crippen LogP contribution in [0, 0.1) is 0 Å². The SMILES string of the molecule is Nc1ccnc(NC2CCCOC2)c1. The van der Waals surface area contributed by atoms with E-state index in [-0.39, 0.29) is 0 Å². The Hall–Kier alpha value is -1.29. The lowest BCUT2D eigenvalue weighted by molar-refractivity contribution is 0.0875. The lowest BCUT2D eigenvalue weighted by Crippen LogP contribution is -2.30. The second-order valence-corrected chi connectivity index (χ2v) is 3.53. The fourth-order valence-electron chi connectivity index (χ4n) is 1.59. The molecule has 0 aromatic carbocycles. The van der Waals surface area contributed by atoms with Gasteiger partial charge in [0.1, 0.15) is 5.82 Å². The van der Waals surface area contributed by atoms with E-state index in [1.807, 2.05) is 6.07 Å². The standard InChI is InChI=1S/C10H15N3O/c11-8-3-4-12-10(6-8)13-9-2-1-5-14-7-9/h3-4,6,9H,1-2,5,7H2,(H3,11,12,13). The van der Waals surface area contributed by atoms with Crippen molar-refractivity contribution >= 4 is 11.5 Å². The lowest BCUT2D eigenvalue weighted by atomic mass is 10.1. The Morgan fingerprint density at radius 1 is 1.57 bits per heavy atom. The second-order valence-electron chi connectivity index (χ2n) is 3.53. The van der Waals surface area contributed by atoms with Gasteiger partial charge in [-0.25, -0.2) is 4.98 Å². The zero-order valence-corrected chi connectivity index (χ0v) is 8.07. The van der Waals surface area contributed by atoms with Gasteiger partial charge in [-0.05, 0) is 18.9 Å². The van der Waals surface area contributed by atoms with E-state index in [1.165, 1.54) is 0 Å². The number of nitrogens with two attached hydrogens (primary N) is 1. The third kappa shape index (κ3) is 2.35. The average Bonchev–Trinajstić information content (AvgIpc) is 2.19. The molecule has 4 heteroatoms. The molecule has 1 aromatic heterocycles. The van der Waals surface area contributed by atoms with E-state index in [0.29, 0.717) is 6.04 Å². The predicted molar refractivity (Wildman–Crippen MR) is 56.1 cm³/mol. The first kappa shape index (κ1) is 9.27. The number of ether oxygens (including phenoxy) is 1. The van der Waals surface area contributed by atoms with Crippen molar-refractivity contribution in [2.45, 2.75) is 18.9 Å². The van der Waals surface area contributed by atoms with Crippen molar-refractivity contribution in [1.29, 1.82) is 0 Å². The molecule has 1 aliphatic heterocycles. The molecule has 2 rings (SSSR count). The molecule has 2 heterocycles. The summed E-state index contributed by atoms with van der Waals surface area (Å²) in [6, 6.07) is 4.00. The van der Waals surface area contributed by atoms with Crippen LogP contribution in [0.2, 0.25) is 0 Å². The summed E-state index contributed by atoms with van der Waals surface area (Å²) in [6.45, 7) is 1.64. The van der Waals surface area contributed by atoms with Gasteiger partial charge in [-0.15, -0.1) is 0 Å². The van der Waals surface area contributed by atoms with Gasteiger partial charge in [-0.3, -0.25) is 0 Å². The van der Waals surface area contributed by atoms with Crippen molar-refractivity contribution in [2.24, 2.45) is 0 Å². The highest BCUT2D eigenvalue weighted by molar-refractivity contribution is 5.48. The molecule has 0 bridgehead atoms. The maximum absolute atomic E-state index is 5.65. The summed E-state index contributed by atoms with van der Waals surface area (Å²) in [6.07, 6.45) is 3.96. The Morgan fingerprint density at radius 2 is 2.50 bits per heavy atom. The van der Waals surface area contributed by atoms with E-state index in [1.54, 1.807) is 12.3 Å². The van der Waals surface area contributed by atoms with Crippen LogP contribution in [0.1, 0.15) is 12.8 Å². The normalized spacial score (nSPS) is 21.9. The van der Waals surface area contributed by atoms with Crippen LogP contribution >= 0.6 is 0 Å². The third-order valence-electron chi connectivity index (χ3n) is 2.30. The minimum atomic E-state index is 0.373. The van der Waals surface area contributed by atoms with Crippen molar-refractivity contribution in [3.8, 4) is 0 Å². The number of rotatable bonds is 2. The highest BCUT2D eigenvalue weighted by atomic mass is 16.5. The number of nitrogens with zero attached hydrogens (tertiary/aromatic N) is 1. The molecule has 0 spiro atoms. The molecule has 1 aliphatic rings. The van der Waals surface area contributed by atoms with Gasteiger partial charge in [0.05, 0.1) is 12.6 Å². The van der Waals surface area contributed by atoms with Gasteiger partial charge in [-0.1, -0.05) is 0 Å². The molecule has 0 aliphatic carbocycles. The molecule has 0 amide bonds. The fourth-order valence-corrected chi connectivity index (χ4v) is 1.59. The van der Waals surface area contributed by atoms with Crippen molar-refractivity contribution < 1.29 is 4.74 Å². The molecule has 1 atom stereocenters. The Kier molecular flexibility index (Phi) is 2.84. The van der Waals surface area contributed by atoms with Gasteiger partial charge in [0.25, 0.3) is 0 Å². The van der Waals surface area contributed by atoms with Crippen LogP contribution in [0.3, 0.4) is 0 Å². The minimum Gasteiger partial charge on any atom is -0.399 e. The number of pyridine rings is 1. The maximum atomic E-state index is 5.65. The van der Waals surface area contributed by atoms with Gasteiger partial charge >= 0.3 is 0 Å². The summed E-state index contributed by atoms with van der Waals surface area (Å²) in [5.41, 5.74) is 6.39. The van der Waals surface area contributed by atoms with Crippen molar-refractivity contribution in [3.63, 3.8) is 0 Å². The average molecular weight is 193 g/mol. The molecule has 1 fully saturated rings. The fraction of sp³-hybridized carbons (Fsp3) is 0.500. The molecule has 4 nitrogen and oxygen atoms in total. The molecular weight excluding hydrogens is 178 g/mol. The second kappa shape index (κ2) is 4.28. The molecule has 1 aromatic rings. The summed E-state index contributed by atoms with van der Waals surface area (Å²) in [5, 5.41) is 3.31. The van der Waals surface area contributed by atoms with E-state index >= 15 is 0 Å². The third-order valence-corrected chi connectivity index (χ3v) is 2.30. The number of hydrogen-bond donors (Lipinski definition) is 2. The van der Waals surface area contributed by atoms with Crippen molar-refractivity contribution in [2.75, 3.05) is 24.3 Å². The Morgan fingerprint density at radius 3 is 3.21 bits per heavy atom. The quantitative estimate of drug-likeness (QED) is 0.742. The topological polar surface area (TPSA) is 60.2 Å². The summed E-state index contributed by atoms with van der Waals surface area (Å²) >= 11 is 0.